The fraction of sp³-hybridized carbons (Fsp3) is 0.588. The normalized spacial score (nSPS) is 21.4. The van der Waals surface area contributed by atoms with Crippen LogP contribution in [0.1, 0.15) is 43.9 Å². The fourth-order valence-electron chi connectivity index (χ4n) is 3.58. The van der Waals surface area contributed by atoms with Crippen molar-refractivity contribution in [1.29, 1.82) is 0 Å². The first kappa shape index (κ1) is 15.4. The molecule has 2 N–H and O–H groups in total. The molecule has 0 radical (unpaired) electrons. The van der Waals surface area contributed by atoms with Gasteiger partial charge >= 0.3 is 0 Å². The lowest BCUT2D eigenvalue weighted by molar-refractivity contribution is -0.0384. The minimum Gasteiger partial charge on any atom is -0.368 e. The summed E-state index contributed by atoms with van der Waals surface area (Å²) in [6, 6.07) is 2.03. The summed E-state index contributed by atoms with van der Waals surface area (Å²) in [7, 11) is 0. The zero-order valence-electron chi connectivity index (χ0n) is 14.1. The van der Waals surface area contributed by atoms with Crippen molar-refractivity contribution in [3.63, 3.8) is 0 Å². The van der Waals surface area contributed by atoms with Crippen LogP contribution in [0.2, 0.25) is 0 Å². The SMILES string of the molecule is Cc1cnn(C2CCCCO2)c1-c1cc(N2CCCC2)nc(N)n1. The Balaban J connectivity index is 1.74. The van der Waals surface area contributed by atoms with Crippen LogP contribution >= 0.6 is 0 Å². The summed E-state index contributed by atoms with van der Waals surface area (Å²) in [4.78, 5) is 11.2. The van der Waals surface area contributed by atoms with Crippen molar-refractivity contribution in [3.8, 4) is 11.4 Å². The van der Waals surface area contributed by atoms with E-state index in [9.17, 15) is 0 Å². The lowest BCUT2D eigenvalue weighted by Gasteiger charge is -2.25. The Kier molecular flexibility index (Phi) is 4.10. The van der Waals surface area contributed by atoms with Crippen molar-refractivity contribution in [2.45, 2.75) is 45.3 Å². The first-order valence-electron chi connectivity index (χ1n) is 8.78. The minimum atomic E-state index is -0.0196. The van der Waals surface area contributed by atoms with Crippen molar-refractivity contribution in [1.82, 2.24) is 19.7 Å². The first-order chi connectivity index (χ1) is 11.7. The molecule has 2 fully saturated rings. The molecule has 2 aliphatic rings. The van der Waals surface area contributed by atoms with Crippen LogP contribution in [0.5, 0.6) is 0 Å². The molecule has 0 aliphatic carbocycles. The molecule has 2 aromatic heterocycles. The number of nitrogen functional groups attached to an aromatic ring is 1. The lowest BCUT2D eigenvalue weighted by atomic mass is 10.1. The van der Waals surface area contributed by atoms with Gasteiger partial charge in [0.2, 0.25) is 5.95 Å². The predicted molar refractivity (Wildman–Crippen MR) is 92.7 cm³/mol. The third-order valence-electron chi connectivity index (χ3n) is 4.81. The number of rotatable bonds is 3. The van der Waals surface area contributed by atoms with Gasteiger partial charge in [-0.05, 0) is 44.6 Å². The molecule has 0 aromatic carbocycles. The lowest BCUT2D eigenvalue weighted by Crippen LogP contribution is -2.21. The number of aromatic nitrogens is 4. The van der Waals surface area contributed by atoms with Gasteiger partial charge in [0.05, 0.1) is 17.6 Å². The van der Waals surface area contributed by atoms with E-state index in [1.165, 1.54) is 12.8 Å². The number of anilines is 2. The van der Waals surface area contributed by atoms with Gasteiger partial charge in [-0.2, -0.15) is 10.1 Å². The minimum absolute atomic E-state index is 0.0196. The Labute approximate surface area is 141 Å². The quantitative estimate of drug-likeness (QED) is 0.932. The van der Waals surface area contributed by atoms with Crippen molar-refractivity contribution >= 4 is 11.8 Å². The van der Waals surface area contributed by atoms with Gasteiger partial charge in [-0.1, -0.05) is 0 Å². The van der Waals surface area contributed by atoms with Crippen LogP contribution in [-0.4, -0.2) is 39.4 Å². The van der Waals surface area contributed by atoms with E-state index in [1.807, 2.05) is 16.9 Å². The molecular weight excluding hydrogens is 304 g/mol. The van der Waals surface area contributed by atoms with E-state index in [0.29, 0.717) is 5.95 Å². The second kappa shape index (κ2) is 6.39. The molecule has 128 valence electrons. The Morgan fingerprint density at radius 1 is 1.17 bits per heavy atom. The Morgan fingerprint density at radius 3 is 2.75 bits per heavy atom. The molecule has 4 rings (SSSR count). The molecule has 0 amide bonds. The number of nitrogens with zero attached hydrogens (tertiary/aromatic N) is 5. The van der Waals surface area contributed by atoms with Gasteiger partial charge in [0.1, 0.15) is 5.82 Å². The van der Waals surface area contributed by atoms with Crippen LogP contribution in [0, 0.1) is 6.92 Å². The number of ether oxygens (including phenoxy) is 1. The van der Waals surface area contributed by atoms with Crippen LogP contribution in [0.4, 0.5) is 11.8 Å². The Morgan fingerprint density at radius 2 is 2.00 bits per heavy atom. The summed E-state index contributed by atoms with van der Waals surface area (Å²) in [5, 5.41) is 4.55. The van der Waals surface area contributed by atoms with E-state index in [2.05, 4.69) is 26.9 Å². The highest BCUT2D eigenvalue weighted by atomic mass is 16.5. The Bertz CT molecular complexity index is 716. The second-order valence-electron chi connectivity index (χ2n) is 6.61. The van der Waals surface area contributed by atoms with E-state index in [0.717, 1.165) is 61.7 Å². The van der Waals surface area contributed by atoms with Crippen molar-refractivity contribution in [2.24, 2.45) is 0 Å². The van der Waals surface area contributed by atoms with Gasteiger partial charge in [0.25, 0.3) is 0 Å². The highest BCUT2D eigenvalue weighted by Crippen LogP contribution is 2.31. The maximum atomic E-state index is 6.00. The van der Waals surface area contributed by atoms with Crippen molar-refractivity contribution < 1.29 is 4.74 Å². The predicted octanol–water partition coefficient (Wildman–Crippen LogP) is 2.53. The van der Waals surface area contributed by atoms with Crippen molar-refractivity contribution in [2.75, 3.05) is 30.3 Å². The molecule has 1 atom stereocenters. The van der Waals surface area contributed by atoms with Gasteiger partial charge in [0, 0.05) is 25.8 Å². The molecule has 2 aromatic rings. The number of aryl methyl sites for hydroxylation is 1. The molecule has 7 nitrogen and oxygen atoms in total. The van der Waals surface area contributed by atoms with E-state index in [-0.39, 0.29) is 6.23 Å². The maximum Gasteiger partial charge on any atom is 0.222 e. The monoisotopic (exact) mass is 328 g/mol. The summed E-state index contributed by atoms with van der Waals surface area (Å²) >= 11 is 0. The molecule has 4 heterocycles. The Hall–Kier alpha value is -2.15. The third kappa shape index (κ3) is 2.84. The molecule has 24 heavy (non-hydrogen) atoms. The van der Waals surface area contributed by atoms with Crippen LogP contribution in [0.3, 0.4) is 0 Å². The third-order valence-corrected chi connectivity index (χ3v) is 4.81. The molecule has 2 saturated heterocycles. The van der Waals surface area contributed by atoms with Crippen molar-refractivity contribution in [3.05, 3.63) is 17.8 Å². The summed E-state index contributed by atoms with van der Waals surface area (Å²) in [6.45, 7) is 4.89. The van der Waals surface area contributed by atoms with Gasteiger partial charge in [0.15, 0.2) is 6.23 Å². The molecule has 0 spiro atoms. The maximum absolute atomic E-state index is 6.00. The average molecular weight is 328 g/mol. The molecular formula is C17H24N6O. The highest BCUT2D eigenvalue weighted by molar-refractivity contribution is 5.64. The van der Waals surface area contributed by atoms with Gasteiger partial charge in [-0.15, -0.1) is 0 Å². The number of hydrogen-bond donors (Lipinski definition) is 1. The van der Waals surface area contributed by atoms with E-state index >= 15 is 0 Å². The summed E-state index contributed by atoms with van der Waals surface area (Å²) in [6.07, 6.45) is 7.51. The smallest absolute Gasteiger partial charge is 0.222 e. The van der Waals surface area contributed by atoms with Gasteiger partial charge in [-0.25, -0.2) is 9.67 Å². The highest BCUT2D eigenvalue weighted by Gasteiger charge is 2.23. The molecule has 0 bridgehead atoms. The molecule has 2 aliphatic heterocycles. The largest absolute Gasteiger partial charge is 0.368 e. The van der Waals surface area contributed by atoms with E-state index < -0.39 is 0 Å². The number of hydrogen-bond acceptors (Lipinski definition) is 6. The fourth-order valence-corrected chi connectivity index (χ4v) is 3.58. The molecule has 0 saturated carbocycles. The standard InChI is InChI=1S/C17H24N6O/c1-12-11-19-23(15-6-2-5-9-24-15)16(12)13-10-14(21-17(18)20-13)22-7-3-4-8-22/h10-11,15H,2-9H2,1H3,(H2,18,20,21). The van der Waals surface area contributed by atoms with Gasteiger partial charge in [-0.3, -0.25) is 0 Å². The van der Waals surface area contributed by atoms with Crippen LogP contribution in [0.25, 0.3) is 11.4 Å². The topological polar surface area (TPSA) is 82.1 Å². The molecule has 1 unspecified atom stereocenters. The summed E-state index contributed by atoms with van der Waals surface area (Å²) in [5.41, 5.74) is 8.89. The van der Waals surface area contributed by atoms with Crippen LogP contribution in [-0.2, 0) is 4.74 Å². The zero-order chi connectivity index (χ0) is 16.5. The van der Waals surface area contributed by atoms with E-state index in [1.54, 1.807) is 0 Å². The van der Waals surface area contributed by atoms with Gasteiger partial charge < -0.3 is 15.4 Å². The second-order valence-corrected chi connectivity index (χ2v) is 6.61. The van der Waals surface area contributed by atoms with Crippen LogP contribution < -0.4 is 10.6 Å². The number of nitrogens with two attached hydrogens (primary N) is 1. The summed E-state index contributed by atoms with van der Waals surface area (Å²) in [5.74, 6) is 1.22. The zero-order valence-corrected chi connectivity index (χ0v) is 14.1. The average Bonchev–Trinajstić information content (AvgIpc) is 3.25. The molecule has 7 heteroatoms. The van der Waals surface area contributed by atoms with E-state index in [4.69, 9.17) is 10.5 Å². The van der Waals surface area contributed by atoms with Crippen LogP contribution in [0.15, 0.2) is 12.3 Å². The first-order valence-corrected chi connectivity index (χ1v) is 8.78. The summed E-state index contributed by atoms with van der Waals surface area (Å²) < 4.78 is 7.88.